The Kier molecular flexibility index (Phi) is 4.05. The van der Waals surface area contributed by atoms with Gasteiger partial charge in [-0.15, -0.1) is 0 Å². The number of halogens is 1. The van der Waals surface area contributed by atoms with Gasteiger partial charge >= 0.3 is 5.69 Å². The van der Waals surface area contributed by atoms with E-state index < -0.39 is 29.6 Å². The van der Waals surface area contributed by atoms with E-state index in [0.29, 0.717) is 6.42 Å². The highest BCUT2D eigenvalue weighted by atomic mass is 79.9. The molecule has 1 saturated heterocycles. The van der Waals surface area contributed by atoms with Crippen LogP contribution >= 0.6 is 15.9 Å². The van der Waals surface area contributed by atoms with Crippen LogP contribution in [0.3, 0.4) is 0 Å². The van der Waals surface area contributed by atoms with Gasteiger partial charge in [0.15, 0.2) is 0 Å². The zero-order valence-corrected chi connectivity index (χ0v) is 11.1. The summed E-state index contributed by atoms with van der Waals surface area (Å²) < 4.78 is 6.72. The Balaban J connectivity index is 2.44. The molecule has 0 radical (unpaired) electrons. The van der Waals surface area contributed by atoms with Gasteiger partial charge in [-0.05, 0) is 27.9 Å². The molecule has 1 unspecified atom stereocenters. The minimum Gasteiger partial charge on any atom is -0.394 e. The molecule has 0 spiro atoms. The van der Waals surface area contributed by atoms with Gasteiger partial charge in [-0.2, -0.15) is 0 Å². The molecule has 2 N–H and O–H groups in total. The largest absolute Gasteiger partial charge is 0.394 e. The van der Waals surface area contributed by atoms with E-state index in [-0.39, 0.29) is 11.1 Å². The number of aliphatic hydroxyl groups excluding tert-OH is 1. The third-order valence-corrected chi connectivity index (χ3v) is 3.33. The molecule has 102 valence electrons. The molecule has 0 aromatic carbocycles. The van der Waals surface area contributed by atoms with Gasteiger partial charge in [0.2, 0.25) is 0 Å². The SMILES string of the molecule is [N-]=[N+]=NC1C[C@@H](CO)O[C@H]1n1cc(Br)c(=O)[nH]c1=O. The first-order valence-electron chi connectivity index (χ1n) is 5.38. The average molecular weight is 332 g/mol. The predicted molar refractivity (Wildman–Crippen MR) is 67.6 cm³/mol. The molecule has 1 aromatic heterocycles. The highest BCUT2D eigenvalue weighted by molar-refractivity contribution is 9.10. The highest BCUT2D eigenvalue weighted by Crippen LogP contribution is 2.30. The number of nitrogens with zero attached hydrogens (tertiary/aromatic N) is 4. The molecule has 2 heterocycles. The fourth-order valence-corrected chi connectivity index (χ4v) is 2.24. The van der Waals surface area contributed by atoms with Gasteiger partial charge in [-0.3, -0.25) is 14.3 Å². The molecule has 10 heteroatoms. The maximum absolute atomic E-state index is 11.7. The average Bonchev–Trinajstić information content (AvgIpc) is 2.77. The lowest BCUT2D eigenvalue weighted by Gasteiger charge is -2.17. The lowest BCUT2D eigenvalue weighted by atomic mass is 10.2. The van der Waals surface area contributed by atoms with Crippen LogP contribution in [0.25, 0.3) is 10.4 Å². The van der Waals surface area contributed by atoms with E-state index in [1.165, 1.54) is 6.20 Å². The van der Waals surface area contributed by atoms with Crippen LogP contribution in [0.4, 0.5) is 0 Å². The van der Waals surface area contributed by atoms with Crippen molar-refractivity contribution in [2.45, 2.75) is 24.8 Å². The minimum absolute atomic E-state index is 0.155. The van der Waals surface area contributed by atoms with Gasteiger partial charge in [0.05, 0.1) is 23.2 Å². The van der Waals surface area contributed by atoms with Crippen LogP contribution in [0.1, 0.15) is 12.6 Å². The smallest absolute Gasteiger partial charge is 0.330 e. The lowest BCUT2D eigenvalue weighted by molar-refractivity contribution is -0.0280. The number of aromatic amines is 1. The summed E-state index contributed by atoms with van der Waals surface area (Å²) in [4.78, 5) is 27.8. The minimum atomic E-state index is -0.853. The molecule has 3 atom stereocenters. The summed E-state index contributed by atoms with van der Waals surface area (Å²) in [5, 5.41) is 12.6. The van der Waals surface area contributed by atoms with Crippen molar-refractivity contribution < 1.29 is 9.84 Å². The number of aromatic nitrogens is 2. The summed E-state index contributed by atoms with van der Waals surface area (Å²) in [6, 6.07) is -0.627. The molecular formula is C9H10BrN5O4. The third-order valence-electron chi connectivity index (χ3n) is 2.77. The summed E-state index contributed by atoms with van der Waals surface area (Å²) in [6.45, 7) is -0.243. The second kappa shape index (κ2) is 5.57. The lowest BCUT2D eigenvalue weighted by Crippen LogP contribution is -2.35. The molecule has 1 aliphatic heterocycles. The second-order valence-corrected chi connectivity index (χ2v) is 4.84. The van der Waals surface area contributed by atoms with Crippen molar-refractivity contribution in [3.8, 4) is 0 Å². The summed E-state index contributed by atoms with van der Waals surface area (Å²) >= 11 is 3.01. The van der Waals surface area contributed by atoms with E-state index in [2.05, 4.69) is 30.9 Å². The molecular weight excluding hydrogens is 322 g/mol. The summed E-state index contributed by atoms with van der Waals surface area (Å²) in [5.74, 6) is 0. The van der Waals surface area contributed by atoms with Crippen molar-refractivity contribution in [1.82, 2.24) is 9.55 Å². The second-order valence-electron chi connectivity index (χ2n) is 3.98. The van der Waals surface area contributed by atoms with E-state index >= 15 is 0 Å². The molecule has 1 aliphatic rings. The van der Waals surface area contributed by atoms with E-state index in [0.717, 1.165) is 4.57 Å². The Bertz CT molecular complexity index is 634. The molecule has 9 nitrogen and oxygen atoms in total. The molecule has 2 rings (SSSR count). The summed E-state index contributed by atoms with van der Waals surface area (Å²) in [6.07, 6.45) is 0.201. The Morgan fingerprint density at radius 1 is 1.68 bits per heavy atom. The van der Waals surface area contributed by atoms with Crippen LogP contribution in [0, 0.1) is 0 Å². The summed E-state index contributed by atoms with van der Waals surface area (Å²) in [7, 11) is 0. The molecule has 0 amide bonds. The molecule has 0 aliphatic carbocycles. The van der Waals surface area contributed by atoms with Gasteiger partial charge in [0, 0.05) is 11.1 Å². The number of aliphatic hydroxyl groups is 1. The van der Waals surface area contributed by atoms with Crippen molar-refractivity contribution in [1.29, 1.82) is 0 Å². The van der Waals surface area contributed by atoms with Gasteiger partial charge < -0.3 is 9.84 Å². The zero-order valence-electron chi connectivity index (χ0n) is 9.56. The van der Waals surface area contributed by atoms with Crippen LogP contribution in [0.15, 0.2) is 25.4 Å². The third kappa shape index (κ3) is 2.71. The van der Waals surface area contributed by atoms with E-state index in [1.54, 1.807) is 0 Å². The number of azide groups is 1. The number of hydrogen-bond acceptors (Lipinski definition) is 5. The Morgan fingerprint density at radius 2 is 2.42 bits per heavy atom. The normalized spacial score (nSPS) is 26.1. The Morgan fingerprint density at radius 3 is 3.05 bits per heavy atom. The van der Waals surface area contributed by atoms with Crippen molar-refractivity contribution in [3.63, 3.8) is 0 Å². The highest BCUT2D eigenvalue weighted by Gasteiger charge is 2.36. The number of ether oxygens (including phenoxy) is 1. The standard InChI is InChI=1S/C9H10BrN5O4/c10-5-2-15(9(18)12-7(5)17)8-6(13-14-11)1-4(3-16)19-8/h2,4,6,8,16H,1,3H2,(H,12,17,18)/t4-,6?,8+/m0/s1. The van der Waals surface area contributed by atoms with Crippen molar-refractivity contribution in [2.24, 2.45) is 5.11 Å². The zero-order chi connectivity index (χ0) is 14.0. The number of H-pyrrole nitrogens is 1. The Hall–Kier alpha value is -1.61. The fraction of sp³-hybridized carbons (Fsp3) is 0.556. The van der Waals surface area contributed by atoms with E-state index in [1.807, 2.05) is 0 Å². The van der Waals surface area contributed by atoms with Gasteiger partial charge in [-0.1, -0.05) is 5.11 Å². The molecule has 19 heavy (non-hydrogen) atoms. The predicted octanol–water partition coefficient (Wildman–Crippen LogP) is 0.258. The van der Waals surface area contributed by atoms with Crippen LogP contribution in [0.2, 0.25) is 0 Å². The number of rotatable bonds is 3. The van der Waals surface area contributed by atoms with Crippen LogP contribution in [-0.2, 0) is 4.74 Å². The van der Waals surface area contributed by atoms with Crippen molar-refractivity contribution in [2.75, 3.05) is 6.61 Å². The first-order valence-corrected chi connectivity index (χ1v) is 6.17. The topological polar surface area (TPSA) is 133 Å². The first kappa shape index (κ1) is 13.8. The van der Waals surface area contributed by atoms with Crippen molar-refractivity contribution in [3.05, 3.63) is 42.0 Å². The van der Waals surface area contributed by atoms with Crippen molar-refractivity contribution >= 4 is 15.9 Å². The molecule has 0 bridgehead atoms. The van der Waals surface area contributed by atoms with Crippen LogP contribution in [-0.4, -0.2) is 33.4 Å². The molecule has 1 aromatic rings. The van der Waals surface area contributed by atoms with E-state index in [4.69, 9.17) is 15.4 Å². The fourth-order valence-electron chi connectivity index (χ4n) is 1.92. The van der Waals surface area contributed by atoms with Crippen LogP contribution in [0.5, 0.6) is 0 Å². The quantitative estimate of drug-likeness (QED) is 0.466. The van der Waals surface area contributed by atoms with Gasteiger partial charge in [-0.25, -0.2) is 4.79 Å². The Labute approximate surface area is 114 Å². The van der Waals surface area contributed by atoms with E-state index in [9.17, 15) is 9.59 Å². The van der Waals surface area contributed by atoms with Gasteiger partial charge in [0.1, 0.15) is 6.23 Å². The number of nitrogens with one attached hydrogen (secondary N) is 1. The van der Waals surface area contributed by atoms with Crippen LogP contribution < -0.4 is 11.2 Å². The first-order chi connectivity index (χ1) is 9.06. The van der Waals surface area contributed by atoms with Gasteiger partial charge in [0.25, 0.3) is 5.56 Å². The summed E-state index contributed by atoms with van der Waals surface area (Å²) in [5.41, 5.74) is 7.28. The maximum atomic E-state index is 11.7. The number of hydrogen-bond donors (Lipinski definition) is 2. The molecule has 0 saturated carbocycles. The maximum Gasteiger partial charge on any atom is 0.330 e. The molecule has 1 fully saturated rings. The monoisotopic (exact) mass is 331 g/mol.